The Morgan fingerprint density at radius 3 is 3.00 bits per heavy atom. The number of hydrogen-bond donors (Lipinski definition) is 1. The van der Waals surface area contributed by atoms with Crippen LogP contribution in [0.5, 0.6) is 11.5 Å². The molecule has 104 valence electrons. The number of carbonyl (C=O) groups excluding carboxylic acids is 1. The number of fused-ring (bicyclic) bond motifs is 1. The molecule has 1 unspecified atom stereocenters. The van der Waals surface area contributed by atoms with Gasteiger partial charge in [0, 0.05) is 12.5 Å². The van der Waals surface area contributed by atoms with Gasteiger partial charge in [0.05, 0.1) is 6.61 Å². The van der Waals surface area contributed by atoms with Crippen LogP contribution in [0.2, 0.25) is 0 Å². The number of esters is 1. The molecule has 1 aromatic carbocycles. The summed E-state index contributed by atoms with van der Waals surface area (Å²) in [7, 11) is 0. The zero-order valence-corrected chi connectivity index (χ0v) is 11.1. The van der Waals surface area contributed by atoms with E-state index in [4.69, 9.17) is 19.9 Å². The van der Waals surface area contributed by atoms with Crippen molar-refractivity contribution in [1.82, 2.24) is 0 Å². The smallest absolute Gasteiger partial charge is 0.305 e. The molecule has 0 bridgehead atoms. The second kappa shape index (κ2) is 6.43. The van der Waals surface area contributed by atoms with Gasteiger partial charge < -0.3 is 19.9 Å². The molecule has 19 heavy (non-hydrogen) atoms. The number of carbonyl (C=O) groups is 1. The van der Waals surface area contributed by atoms with E-state index >= 15 is 0 Å². The van der Waals surface area contributed by atoms with Crippen LogP contribution in [0, 0.1) is 0 Å². The molecule has 0 saturated carbocycles. The number of ether oxygens (including phenoxy) is 3. The monoisotopic (exact) mass is 265 g/mol. The first kappa shape index (κ1) is 13.7. The molecule has 1 atom stereocenters. The van der Waals surface area contributed by atoms with Crippen LogP contribution in [0.15, 0.2) is 18.2 Å². The molecule has 0 radical (unpaired) electrons. The minimum atomic E-state index is -0.191. The summed E-state index contributed by atoms with van der Waals surface area (Å²) in [6.07, 6.45) is 1.68. The molecule has 0 saturated heterocycles. The molecule has 0 aliphatic carbocycles. The fraction of sp³-hybridized carbons (Fsp3) is 0.500. The Morgan fingerprint density at radius 1 is 1.42 bits per heavy atom. The van der Waals surface area contributed by atoms with E-state index in [1.807, 2.05) is 18.2 Å². The summed E-state index contributed by atoms with van der Waals surface area (Å²) in [5.74, 6) is 1.34. The van der Waals surface area contributed by atoms with E-state index in [9.17, 15) is 4.79 Å². The van der Waals surface area contributed by atoms with Crippen molar-refractivity contribution in [2.24, 2.45) is 5.73 Å². The quantitative estimate of drug-likeness (QED) is 0.791. The van der Waals surface area contributed by atoms with Crippen LogP contribution in [-0.4, -0.2) is 25.4 Å². The molecule has 1 aliphatic heterocycles. The summed E-state index contributed by atoms with van der Waals surface area (Å²) in [4.78, 5) is 11.2. The van der Waals surface area contributed by atoms with Crippen LogP contribution in [0.25, 0.3) is 0 Å². The molecular formula is C14H19NO4. The number of benzene rings is 1. The van der Waals surface area contributed by atoms with Gasteiger partial charge >= 0.3 is 5.97 Å². The van der Waals surface area contributed by atoms with Crippen LogP contribution >= 0.6 is 0 Å². The highest BCUT2D eigenvalue weighted by molar-refractivity contribution is 5.69. The highest BCUT2D eigenvalue weighted by Gasteiger charge is 2.15. The second-order valence-corrected chi connectivity index (χ2v) is 4.50. The fourth-order valence-corrected chi connectivity index (χ4v) is 2.01. The van der Waals surface area contributed by atoms with Crippen LogP contribution < -0.4 is 15.2 Å². The maximum Gasteiger partial charge on any atom is 0.305 e. The number of nitrogens with two attached hydrogens (primary N) is 1. The Labute approximate surface area is 112 Å². The standard InChI is InChI=1S/C14H19NO4/c1-2-17-14(16)6-4-11(15)7-10-3-5-12-13(8-10)19-9-18-12/h3,5,8,11H,2,4,6-7,9,15H2,1H3. The lowest BCUT2D eigenvalue weighted by molar-refractivity contribution is -0.143. The minimum absolute atomic E-state index is 0.0650. The minimum Gasteiger partial charge on any atom is -0.466 e. The summed E-state index contributed by atoms with van der Waals surface area (Å²) >= 11 is 0. The van der Waals surface area contributed by atoms with Crippen LogP contribution in [0.4, 0.5) is 0 Å². The van der Waals surface area contributed by atoms with Crippen LogP contribution in [0.1, 0.15) is 25.3 Å². The maximum atomic E-state index is 11.2. The molecule has 0 aromatic heterocycles. The largest absolute Gasteiger partial charge is 0.466 e. The topological polar surface area (TPSA) is 70.8 Å². The lowest BCUT2D eigenvalue weighted by atomic mass is 10.0. The molecule has 5 heteroatoms. The van der Waals surface area contributed by atoms with Gasteiger partial charge in [0.2, 0.25) is 6.79 Å². The lowest BCUT2D eigenvalue weighted by Gasteiger charge is -2.11. The van der Waals surface area contributed by atoms with Crippen molar-refractivity contribution in [3.05, 3.63) is 23.8 Å². The molecule has 0 spiro atoms. The van der Waals surface area contributed by atoms with Gasteiger partial charge in [-0.1, -0.05) is 6.07 Å². The molecular weight excluding hydrogens is 246 g/mol. The first-order chi connectivity index (χ1) is 9.19. The number of rotatable bonds is 6. The van der Waals surface area contributed by atoms with Crippen molar-refractivity contribution in [1.29, 1.82) is 0 Å². The second-order valence-electron chi connectivity index (χ2n) is 4.50. The van der Waals surface area contributed by atoms with E-state index < -0.39 is 0 Å². The molecule has 1 aromatic rings. The van der Waals surface area contributed by atoms with E-state index in [-0.39, 0.29) is 18.8 Å². The van der Waals surface area contributed by atoms with E-state index in [1.54, 1.807) is 6.92 Å². The van der Waals surface area contributed by atoms with E-state index in [0.717, 1.165) is 17.1 Å². The lowest BCUT2D eigenvalue weighted by Crippen LogP contribution is -2.24. The van der Waals surface area contributed by atoms with Crippen molar-refractivity contribution < 1.29 is 19.0 Å². The maximum absolute atomic E-state index is 11.2. The van der Waals surface area contributed by atoms with Crippen molar-refractivity contribution >= 4 is 5.97 Å². The average Bonchev–Trinajstić information content (AvgIpc) is 2.84. The molecule has 5 nitrogen and oxygen atoms in total. The zero-order chi connectivity index (χ0) is 13.7. The summed E-state index contributed by atoms with van der Waals surface area (Å²) in [5, 5.41) is 0. The van der Waals surface area contributed by atoms with Gasteiger partial charge in [0.15, 0.2) is 11.5 Å². The average molecular weight is 265 g/mol. The first-order valence-corrected chi connectivity index (χ1v) is 6.48. The van der Waals surface area contributed by atoms with Crippen molar-refractivity contribution in [2.45, 2.75) is 32.2 Å². The summed E-state index contributed by atoms with van der Waals surface area (Å²) in [5.41, 5.74) is 7.10. The van der Waals surface area contributed by atoms with E-state index in [2.05, 4.69) is 0 Å². The molecule has 2 rings (SSSR count). The van der Waals surface area contributed by atoms with Gasteiger partial charge in [0.1, 0.15) is 0 Å². The third-order valence-electron chi connectivity index (χ3n) is 2.96. The van der Waals surface area contributed by atoms with Gasteiger partial charge in [-0.2, -0.15) is 0 Å². The third-order valence-corrected chi connectivity index (χ3v) is 2.96. The van der Waals surface area contributed by atoms with Gasteiger partial charge in [-0.3, -0.25) is 4.79 Å². The Morgan fingerprint density at radius 2 is 2.21 bits per heavy atom. The first-order valence-electron chi connectivity index (χ1n) is 6.48. The Balaban J connectivity index is 1.82. The van der Waals surface area contributed by atoms with Gasteiger partial charge in [0.25, 0.3) is 0 Å². The van der Waals surface area contributed by atoms with Gasteiger partial charge in [-0.25, -0.2) is 0 Å². The van der Waals surface area contributed by atoms with Crippen LogP contribution in [-0.2, 0) is 16.0 Å². The van der Waals surface area contributed by atoms with Gasteiger partial charge in [-0.15, -0.1) is 0 Å². The van der Waals surface area contributed by atoms with Crippen LogP contribution in [0.3, 0.4) is 0 Å². The van der Waals surface area contributed by atoms with Crippen molar-refractivity contribution in [3.63, 3.8) is 0 Å². The summed E-state index contributed by atoms with van der Waals surface area (Å²) in [6, 6.07) is 5.73. The molecule has 2 N–H and O–H groups in total. The Bertz CT molecular complexity index is 447. The molecule has 1 heterocycles. The highest BCUT2D eigenvalue weighted by Crippen LogP contribution is 2.32. The highest BCUT2D eigenvalue weighted by atomic mass is 16.7. The van der Waals surface area contributed by atoms with E-state index in [1.165, 1.54) is 0 Å². The molecule has 1 aliphatic rings. The summed E-state index contributed by atoms with van der Waals surface area (Å²) < 4.78 is 15.4. The predicted octanol–water partition coefficient (Wildman–Crippen LogP) is 1.63. The molecule has 0 fully saturated rings. The van der Waals surface area contributed by atoms with Crippen molar-refractivity contribution in [2.75, 3.05) is 13.4 Å². The molecule has 0 amide bonds. The third kappa shape index (κ3) is 3.86. The van der Waals surface area contributed by atoms with E-state index in [0.29, 0.717) is 25.9 Å². The number of hydrogen-bond acceptors (Lipinski definition) is 5. The predicted molar refractivity (Wildman–Crippen MR) is 70.1 cm³/mol. The van der Waals surface area contributed by atoms with Gasteiger partial charge in [-0.05, 0) is 37.5 Å². The Kier molecular flexibility index (Phi) is 4.63. The SMILES string of the molecule is CCOC(=O)CCC(N)Cc1ccc2c(c1)OCO2. The normalized spacial score (nSPS) is 14.2. The summed E-state index contributed by atoms with van der Waals surface area (Å²) in [6.45, 7) is 2.48. The van der Waals surface area contributed by atoms with Crippen molar-refractivity contribution in [3.8, 4) is 11.5 Å². The zero-order valence-electron chi connectivity index (χ0n) is 11.1. The fourth-order valence-electron chi connectivity index (χ4n) is 2.01. The Hall–Kier alpha value is -1.75.